The zero-order chi connectivity index (χ0) is 18.1. The summed E-state index contributed by atoms with van der Waals surface area (Å²) in [6.45, 7) is 4.29. The minimum absolute atomic E-state index is 0.227. The monoisotopic (exact) mass is 348 g/mol. The number of amides is 1. The molecule has 0 atom stereocenters. The average molecular weight is 348 g/mol. The molecule has 1 N–H and O–H groups in total. The number of carbonyl (C=O) groups excluding carboxylic acids is 1. The van der Waals surface area contributed by atoms with Crippen molar-refractivity contribution >= 4 is 22.6 Å². The Hall–Kier alpha value is -3.55. The molecule has 8 heteroatoms. The number of nitrogens with one attached hydrogen (secondary N) is 1. The lowest BCUT2D eigenvalue weighted by Gasteiger charge is -2.04. The van der Waals surface area contributed by atoms with E-state index in [-0.39, 0.29) is 5.91 Å². The number of aromatic nitrogens is 5. The molecule has 0 bridgehead atoms. The molecule has 3 aromatic heterocycles. The second kappa shape index (κ2) is 6.40. The van der Waals surface area contributed by atoms with Crippen LogP contribution in [-0.4, -0.2) is 30.8 Å². The molecule has 0 fully saturated rings. The van der Waals surface area contributed by atoms with Crippen LogP contribution in [0.1, 0.15) is 27.4 Å². The lowest BCUT2D eigenvalue weighted by Crippen LogP contribution is -2.11. The van der Waals surface area contributed by atoms with Crippen LogP contribution in [0.2, 0.25) is 0 Å². The van der Waals surface area contributed by atoms with Crippen molar-refractivity contribution in [2.45, 2.75) is 20.4 Å². The minimum atomic E-state index is -0.227. The highest BCUT2D eigenvalue weighted by Crippen LogP contribution is 2.16. The third-order valence-corrected chi connectivity index (χ3v) is 4.12. The van der Waals surface area contributed by atoms with E-state index in [0.717, 1.165) is 22.5 Å². The van der Waals surface area contributed by atoms with Crippen molar-refractivity contribution in [1.29, 1.82) is 0 Å². The highest BCUT2D eigenvalue weighted by atomic mass is 16.5. The molecular weight excluding hydrogens is 332 g/mol. The fraction of sp³-hybridized carbons (Fsp3) is 0.167. The van der Waals surface area contributed by atoms with Crippen molar-refractivity contribution in [1.82, 2.24) is 24.9 Å². The highest BCUT2D eigenvalue weighted by molar-refractivity contribution is 6.05. The molecule has 4 rings (SSSR count). The molecule has 8 nitrogen and oxygen atoms in total. The number of benzene rings is 1. The van der Waals surface area contributed by atoms with Gasteiger partial charge in [-0.2, -0.15) is 5.10 Å². The van der Waals surface area contributed by atoms with Gasteiger partial charge in [-0.05, 0) is 32.0 Å². The van der Waals surface area contributed by atoms with Gasteiger partial charge in [-0.15, -0.1) is 0 Å². The predicted octanol–water partition coefficient (Wildman–Crippen LogP) is 2.73. The number of anilines is 1. The minimum Gasteiger partial charge on any atom is -0.361 e. The Labute approximate surface area is 148 Å². The smallest absolute Gasteiger partial charge is 0.255 e. The normalized spacial score (nSPS) is 11.0. The van der Waals surface area contributed by atoms with E-state index in [9.17, 15) is 4.79 Å². The van der Waals surface area contributed by atoms with Gasteiger partial charge in [-0.1, -0.05) is 5.16 Å². The van der Waals surface area contributed by atoms with Crippen molar-refractivity contribution in [3.63, 3.8) is 0 Å². The Morgan fingerprint density at radius 2 is 2.00 bits per heavy atom. The molecule has 0 aliphatic carbocycles. The molecule has 0 spiro atoms. The molecule has 1 aromatic carbocycles. The fourth-order valence-corrected chi connectivity index (χ4v) is 2.71. The Balaban J connectivity index is 1.50. The van der Waals surface area contributed by atoms with Gasteiger partial charge >= 0.3 is 0 Å². The van der Waals surface area contributed by atoms with Gasteiger partial charge in [0, 0.05) is 29.7 Å². The third-order valence-electron chi connectivity index (χ3n) is 4.12. The number of nitrogens with zero attached hydrogens (tertiary/aromatic N) is 5. The molecule has 0 unspecified atom stereocenters. The van der Waals surface area contributed by atoms with Crippen molar-refractivity contribution in [3.05, 3.63) is 65.6 Å². The van der Waals surface area contributed by atoms with Crippen LogP contribution in [-0.2, 0) is 6.54 Å². The number of carbonyl (C=O) groups is 1. The zero-order valence-corrected chi connectivity index (χ0v) is 14.3. The van der Waals surface area contributed by atoms with E-state index < -0.39 is 0 Å². The van der Waals surface area contributed by atoms with Gasteiger partial charge < -0.3 is 9.84 Å². The summed E-state index contributed by atoms with van der Waals surface area (Å²) in [4.78, 5) is 20.9. The maximum atomic E-state index is 12.5. The first-order valence-electron chi connectivity index (χ1n) is 8.06. The standard InChI is InChI=1S/C18H16N6O2/c1-11-15(12(2)26-23-11)10-24-9-14(8-21-24)22-18(25)13-3-4-16-17(7-13)20-6-5-19-16/h3-9H,10H2,1-2H3,(H,22,25). The van der Waals surface area contributed by atoms with E-state index in [1.54, 1.807) is 47.7 Å². The summed E-state index contributed by atoms with van der Waals surface area (Å²) >= 11 is 0. The van der Waals surface area contributed by atoms with Crippen LogP contribution in [0.5, 0.6) is 0 Å². The molecule has 0 aliphatic heterocycles. The molecule has 1 amide bonds. The first-order chi connectivity index (χ1) is 12.6. The van der Waals surface area contributed by atoms with Crippen LogP contribution in [0.4, 0.5) is 5.69 Å². The van der Waals surface area contributed by atoms with E-state index in [2.05, 4.69) is 25.5 Å². The molecular formula is C18H16N6O2. The molecule has 0 aliphatic rings. The van der Waals surface area contributed by atoms with Gasteiger partial charge in [0.15, 0.2) is 0 Å². The topological polar surface area (TPSA) is 98.7 Å². The van der Waals surface area contributed by atoms with Crippen molar-refractivity contribution < 1.29 is 9.32 Å². The molecule has 0 saturated carbocycles. The highest BCUT2D eigenvalue weighted by Gasteiger charge is 2.12. The fourth-order valence-electron chi connectivity index (χ4n) is 2.71. The lowest BCUT2D eigenvalue weighted by molar-refractivity contribution is 0.102. The summed E-state index contributed by atoms with van der Waals surface area (Å²) in [7, 11) is 0. The lowest BCUT2D eigenvalue weighted by atomic mass is 10.2. The average Bonchev–Trinajstić information content (AvgIpc) is 3.22. The first kappa shape index (κ1) is 15.9. The number of hydrogen-bond donors (Lipinski definition) is 1. The van der Waals surface area contributed by atoms with E-state index in [1.165, 1.54) is 0 Å². The Morgan fingerprint density at radius 3 is 2.77 bits per heavy atom. The van der Waals surface area contributed by atoms with Crippen LogP contribution >= 0.6 is 0 Å². The van der Waals surface area contributed by atoms with Crippen LogP contribution in [0.3, 0.4) is 0 Å². The maximum absolute atomic E-state index is 12.5. The molecule has 4 aromatic rings. The van der Waals surface area contributed by atoms with Gasteiger partial charge in [0.1, 0.15) is 5.76 Å². The van der Waals surface area contributed by atoms with E-state index >= 15 is 0 Å². The van der Waals surface area contributed by atoms with Crippen LogP contribution in [0.25, 0.3) is 11.0 Å². The summed E-state index contributed by atoms with van der Waals surface area (Å²) in [5.41, 5.74) is 4.36. The quantitative estimate of drug-likeness (QED) is 0.609. The SMILES string of the molecule is Cc1noc(C)c1Cn1cc(NC(=O)c2ccc3nccnc3c2)cn1. The van der Waals surface area contributed by atoms with Gasteiger partial charge in [0.25, 0.3) is 5.91 Å². The van der Waals surface area contributed by atoms with Gasteiger partial charge in [-0.3, -0.25) is 19.4 Å². The van der Waals surface area contributed by atoms with Gasteiger partial charge in [0.05, 0.1) is 35.2 Å². The largest absolute Gasteiger partial charge is 0.361 e. The second-order valence-corrected chi connectivity index (χ2v) is 5.94. The Kier molecular flexibility index (Phi) is 3.92. The van der Waals surface area contributed by atoms with Gasteiger partial charge in [-0.25, -0.2) is 0 Å². The van der Waals surface area contributed by atoms with E-state index in [4.69, 9.17) is 4.52 Å². The number of aryl methyl sites for hydroxylation is 2. The number of rotatable bonds is 4. The van der Waals surface area contributed by atoms with Gasteiger partial charge in [0.2, 0.25) is 0 Å². The number of hydrogen-bond acceptors (Lipinski definition) is 6. The van der Waals surface area contributed by atoms with Crippen molar-refractivity contribution in [3.8, 4) is 0 Å². The van der Waals surface area contributed by atoms with Crippen LogP contribution in [0, 0.1) is 13.8 Å². The molecule has 130 valence electrons. The summed E-state index contributed by atoms with van der Waals surface area (Å²) in [5.74, 6) is 0.537. The molecule has 3 heterocycles. The molecule has 0 radical (unpaired) electrons. The summed E-state index contributed by atoms with van der Waals surface area (Å²) < 4.78 is 6.89. The summed E-state index contributed by atoms with van der Waals surface area (Å²) in [6.07, 6.45) is 6.60. The van der Waals surface area contributed by atoms with Crippen LogP contribution < -0.4 is 5.32 Å². The third kappa shape index (κ3) is 3.04. The maximum Gasteiger partial charge on any atom is 0.255 e. The van der Waals surface area contributed by atoms with Crippen LogP contribution in [0.15, 0.2) is 47.5 Å². The predicted molar refractivity (Wildman–Crippen MR) is 94.8 cm³/mol. The zero-order valence-electron chi connectivity index (χ0n) is 14.3. The first-order valence-corrected chi connectivity index (χ1v) is 8.06. The Bertz CT molecular complexity index is 1080. The summed E-state index contributed by atoms with van der Waals surface area (Å²) in [5, 5.41) is 11.1. The van der Waals surface area contributed by atoms with Crippen molar-refractivity contribution in [2.75, 3.05) is 5.32 Å². The number of fused-ring (bicyclic) bond motifs is 1. The molecule has 0 saturated heterocycles. The second-order valence-electron chi connectivity index (χ2n) is 5.94. The summed E-state index contributed by atoms with van der Waals surface area (Å²) in [6, 6.07) is 5.21. The Morgan fingerprint density at radius 1 is 1.19 bits per heavy atom. The van der Waals surface area contributed by atoms with Crippen molar-refractivity contribution in [2.24, 2.45) is 0 Å². The van der Waals surface area contributed by atoms with E-state index in [0.29, 0.717) is 23.3 Å². The van der Waals surface area contributed by atoms with E-state index in [1.807, 2.05) is 13.8 Å². The molecule has 26 heavy (non-hydrogen) atoms.